The highest BCUT2D eigenvalue weighted by Crippen LogP contribution is 2.21. The standard InChI is InChI=1S/C21H24N2O4/c1-14-12-15(9-10-19(14)26-2)20(24)23-18-8-4-3-7-17(18)21(25)22-13-16-6-5-11-27-16/h3-4,7-10,12,16H,5-6,11,13H2,1-2H3,(H,22,25)(H,23,24)/t16-/m0/s1. The molecule has 27 heavy (non-hydrogen) atoms. The van der Waals surface area contributed by atoms with E-state index in [0.717, 1.165) is 30.8 Å². The van der Waals surface area contributed by atoms with E-state index in [9.17, 15) is 9.59 Å². The Morgan fingerprint density at radius 1 is 1.19 bits per heavy atom. The zero-order chi connectivity index (χ0) is 19.2. The number of benzene rings is 2. The first kappa shape index (κ1) is 18.9. The maximum Gasteiger partial charge on any atom is 0.255 e. The summed E-state index contributed by atoms with van der Waals surface area (Å²) < 4.78 is 10.7. The number of methoxy groups -OCH3 is 1. The van der Waals surface area contributed by atoms with Crippen LogP contribution in [0.1, 0.15) is 39.1 Å². The van der Waals surface area contributed by atoms with Gasteiger partial charge in [-0.05, 0) is 55.7 Å². The summed E-state index contributed by atoms with van der Waals surface area (Å²) in [5.74, 6) is 0.216. The van der Waals surface area contributed by atoms with Gasteiger partial charge in [0.1, 0.15) is 5.75 Å². The summed E-state index contributed by atoms with van der Waals surface area (Å²) >= 11 is 0. The predicted molar refractivity (Wildman–Crippen MR) is 103 cm³/mol. The molecule has 6 nitrogen and oxygen atoms in total. The van der Waals surface area contributed by atoms with E-state index in [2.05, 4.69) is 10.6 Å². The lowest BCUT2D eigenvalue weighted by atomic mass is 10.1. The third kappa shape index (κ3) is 4.65. The van der Waals surface area contributed by atoms with Crippen molar-refractivity contribution in [2.75, 3.05) is 25.6 Å². The minimum Gasteiger partial charge on any atom is -0.496 e. The van der Waals surface area contributed by atoms with Crippen LogP contribution in [-0.4, -0.2) is 38.2 Å². The molecule has 1 saturated heterocycles. The Labute approximate surface area is 158 Å². The molecule has 0 spiro atoms. The van der Waals surface area contributed by atoms with E-state index < -0.39 is 0 Å². The molecule has 0 radical (unpaired) electrons. The molecule has 0 unspecified atom stereocenters. The average Bonchev–Trinajstić information content (AvgIpc) is 3.20. The van der Waals surface area contributed by atoms with Crippen molar-refractivity contribution in [2.45, 2.75) is 25.9 Å². The molecule has 0 aromatic heterocycles. The number of hydrogen-bond acceptors (Lipinski definition) is 4. The number of ether oxygens (including phenoxy) is 2. The maximum atomic E-state index is 12.6. The molecule has 142 valence electrons. The first-order chi connectivity index (χ1) is 13.1. The largest absolute Gasteiger partial charge is 0.496 e. The second kappa shape index (κ2) is 8.68. The van der Waals surface area contributed by atoms with Crippen LogP contribution in [0, 0.1) is 6.92 Å². The summed E-state index contributed by atoms with van der Waals surface area (Å²) in [6.45, 7) is 3.09. The third-order valence-corrected chi connectivity index (χ3v) is 4.59. The monoisotopic (exact) mass is 368 g/mol. The molecule has 0 saturated carbocycles. The van der Waals surface area contributed by atoms with Crippen molar-refractivity contribution in [1.82, 2.24) is 5.32 Å². The zero-order valence-corrected chi connectivity index (χ0v) is 15.6. The van der Waals surface area contributed by atoms with Crippen molar-refractivity contribution in [3.05, 3.63) is 59.2 Å². The lowest BCUT2D eigenvalue weighted by Gasteiger charge is -2.14. The molecular weight excluding hydrogens is 344 g/mol. The quantitative estimate of drug-likeness (QED) is 0.821. The Morgan fingerprint density at radius 2 is 2.00 bits per heavy atom. The van der Waals surface area contributed by atoms with Crippen LogP contribution < -0.4 is 15.4 Å². The van der Waals surface area contributed by atoms with Crippen LogP contribution in [-0.2, 0) is 4.74 Å². The van der Waals surface area contributed by atoms with Crippen molar-refractivity contribution in [1.29, 1.82) is 0 Å². The summed E-state index contributed by atoms with van der Waals surface area (Å²) in [4.78, 5) is 25.1. The molecule has 2 aromatic carbocycles. The van der Waals surface area contributed by atoms with Crippen LogP contribution >= 0.6 is 0 Å². The number of nitrogens with one attached hydrogen (secondary N) is 2. The number of anilines is 1. The number of carbonyl (C=O) groups is 2. The number of carbonyl (C=O) groups excluding carboxylic acids is 2. The van der Waals surface area contributed by atoms with E-state index in [0.29, 0.717) is 23.4 Å². The van der Waals surface area contributed by atoms with Gasteiger partial charge in [0, 0.05) is 18.7 Å². The Hall–Kier alpha value is -2.86. The topological polar surface area (TPSA) is 76.7 Å². The Bertz CT molecular complexity index is 829. The number of hydrogen-bond donors (Lipinski definition) is 2. The molecule has 1 aliphatic rings. The minimum absolute atomic E-state index is 0.0676. The first-order valence-corrected chi connectivity index (χ1v) is 9.03. The summed E-state index contributed by atoms with van der Waals surface area (Å²) in [5.41, 5.74) is 2.27. The molecule has 2 N–H and O–H groups in total. The van der Waals surface area contributed by atoms with Gasteiger partial charge < -0.3 is 20.1 Å². The van der Waals surface area contributed by atoms with Crippen molar-refractivity contribution in [3.8, 4) is 5.75 Å². The summed E-state index contributed by atoms with van der Waals surface area (Å²) in [5, 5.41) is 5.72. The highest BCUT2D eigenvalue weighted by atomic mass is 16.5. The van der Waals surface area contributed by atoms with Crippen LogP contribution in [0.3, 0.4) is 0 Å². The van der Waals surface area contributed by atoms with E-state index in [1.54, 1.807) is 49.6 Å². The molecule has 2 amide bonds. The van der Waals surface area contributed by atoms with E-state index in [4.69, 9.17) is 9.47 Å². The lowest BCUT2D eigenvalue weighted by Crippen LogP contribution is -2.32. The first-order valence-electron chi connectivity index (χ1n) is 9.03. The van der Waals surface area contributed by atoms with Gasteiger partial charge in [-0.25, -0.2) is 0 Å². The van der Waals surface area contributed by atoms with E-state index in [-0.39, 0.29) is 17.9 Å². The SMILES string of the molecule is COc1ccc(C(=O)Nc2ccccc2C(=O)NC[C@@H]2CCCO2)cc1C. The van der Waals surface area contributed by atoms with Crippen LogP contribution in [0.15, 0.2) is 42.5 Å². The third-order valence-electron chi connectivity index (χ3n) is 4.59. The van der Waals surface area contributed by atoms with Gasteiger partial charge in [-0.15, -0.1) is 0 Å². The lowest BCUT2D eigenvalue weighted by molar-refractivity contribution is 0.0858. The fourth-order valence-electron chi connectivity index (χ4n) is 3.11. The van der Waals surface area contributed by atoms with Gasteiger partial charge in [0.25, 0.3) is 11.8 Å². The minimum atomic E-state index is -0.278. The second-order valence-corrected chi connectivity index (χ2v) is 6.53. The highest BCUT2D eigenvalue weighted by molar-refractivity contribution is 6.09. The molecule has 0 aliphatic carbocycles. The van der Waals surface area contributed by atoms with Gasteiger partial charge in [-0.2, -0.15) is 0 Å². The smallest absolute Gasteiger partial charge is 0.255 e. The maximum absolute atomic E-state index is 12.6. The molecule has 1 aliphatic heterocycles. The van der Waals surface area contributed by atoms with E-state index in [1.807, 2.05) is 6.92 Å². The summed E-state index contributed by atoms with van der Waals surface area (Å²) in [6.07, 6.45) is 2.04. The Balaban J connectivity index is 1.70. The van der Waals surface area contributed by atoms with Crippen molar-refractivity contribution in [2.24, 2.45) is 0 Å². The Kier molecular flexibility index (Phi) is 6.08. The molecule has 1 atom stereocenters. The van der Waals surface area contributed by atoms with Crippen molar-refractivity contribution in [3.63, 3.8) is 0 Å². The van der Waals surface area contributed by atoms with Crippen molar-refractivity contribution < 1.29 is 19.1 Å². The molecule has 0 bridgehead atoms. The molecule has 2 aromatic rings. The number of amides is 2. The van der Waals surface area contributed by atoms with Crippen LogP contribution in [0.5, 0.6) is 5.75 Å². The normalized spacial score (nSPS) is 16.0. The van der Waals surface area contributed by atoms with Gasteiger partial charge in [0.05, 0.1) is 24.5 Å². The number of rotatable bonds is 6. The van der Waals surface area contributed by atoms with Crippen LogP contribution in [0.4, 0.5) is 5.69 Å². The molecule has 1 heterocycles. The van der Waals surface area contributed by atoms with Gasteiger partial charge in [-0.3, -0.25) is 9.59 Å². The summed E-state index contributed by atoms with van der Waals surface area (Å²) in [7, 11) is 1.59. The van der Waals surface area contributed by atoms with Gasteiger partial charge in [0.2, 0.25) is 0 Å². The van der Waals surface area contributed by atoms with Gasteiger partial charge >= 0.3 is 0 Å². The summed E-state index contributed by atoms with van der Waals surface area (Å²) in [6, 6.07) is 12.2. The molecular formula is C21H24N2O4. The van der Waals surface area contributed by atoms with Crippen LogP contribution in [0.2, 0.25) is 0 Å². The van der Waals surface area contributed by atoms with E-state index >= 15 is 0 Å². The van der Waals surface area contributed by atoms with Crippen molar-refractivity contribution >= 4 is 17.5 Å². The second-order valence-electron chi connectivity index (χ2n) is 6.53. The zero-order valence-electron chi connectivity index (χ0n) is 15.6. The predicted octanol–water partition coefficient (Wildman–Crippen LogP) is 3.16. The van der Waals surface area contributed by atoms with Gasteiger partial charge in [0.15, 0.2) is 0 Å². The number of para-hydroxylation sites is 1. The van der Waals surface area contributed by atoms with Gasteiger partial charge in [-0.1, -0.05) is 12.1 Å². The molecule has 3 rings (SSSR count). The fourth-order valence-corrected chi connectivity index (χ4v) is 3.11. The number of aryl methyl sites for hydroxylation is 1. The molecule has 6 heteroatoms. The Morgan fingerprint density at radius 3 is 2.70 bits per heavy atom. The highest BCUT2D eigenvalue weighted by Gasteiger charge is 2.19. The molecule has 1 fully saturated rings. The van der Waals surface area contributed by atoms with Crippen LogP contribution in [0.25, 0.3) is 0 Å². The fraction of sp³-hybridized carbons (Fsp3) is 0.333. The average molecular weight is 368 g/mol. The van der Waals surface area contributed by atoms with E-state index in [1.165, 1.54) is 0 Å².